The van der Waals surface area contributed by atoms with Crippen molar-refractivity contribution in [3.8, 4) is 0 Å². The summed E-state index contributed by atoms with van der Waals surface area (Å²) in [4.78, 5) is 37.1. The molecule has 1 aromatic rings. The van der Waals surface area contributed by atoms with E-state index >= 15 is 0 Å². The van der Waals surface area contributed by atoms with E-state index in [1.807, 2.05) is 20.8 Å². The maximum Gasteiger partial charge on any atom is 0.338 e. The molecule has 0 radical (unpaired) electrons. The Morgan fingerprint density at radius 1 is 1.39 bits per heavy atom. The molecule has 0 aromatic carbocycles. The number of hydrogen-bond donors (Lipinski definition) is 2. The quantitative estimate of drug-likeness (QED) is 0.845. The van der Waals surface area contributed by atoms with Gasteiger partial charge in [0.15, 0.2) is 5.76 Å². The average Bonchev–Trinajstić information content (AvgIpc) is 3.15. The summed E-state index contributed by atoms with van der Waals surface area (Å²) in [5.41, 5.74) is -0.0883. The Kier molecular flexibility index (Phi) is 5.35. The van der Waals surface area contributed by atoms with Crippen LogP contribution in [-0.2, 0) is 4.79 Å². The summed E-state index contributed by atoms with van der Waals surface area (Å²) in [6.45, 7) is 5.93. The van der Waals surface area contributed by atoms with E-state index in [0.29, 0.717) is 17.5 Å². The number of carbonyl (C=O) groups excluding carboxylic acids is 2. The highest BCUT2D eigenvalue weighted by atomic mass is 32.2. The summed E-state index contributed by atoms with van der Waals surface area (Å²) in [5.74, 6) is -0.733. The number of carboxylic acid groups (broad SMARTS) is 1. The lowest BCUT2D eigenvalue weighted by Gasteiger charge is -2.25. The van der Waals surface area contributed by atoms with Crippen LogP contribution in [0.4, 0.5) is 0 Å². The lowest BCUT2D eigenvalue weighted by atomic mass is 10.1. The van der Waals surface area contributed by atoms with E-state index in [0.717, 1.165) is 6.26 Å². The van der Waals surface area contributed by atoms with E-state index in [1.54, 1.807) is 0 Å². The molecule has 1 aromatic heterocycles. The van der Waals surface area contributed by atoms with Gasteiger partial charge in [0, 0.05) is 17.9 Å². The molecule has 2 amide bonds. The maximum absolute atomic E-state index is 12.5. The maximum atomic E-state index is 12.5. The first-order valence-electron chi connectivity index (χ1n) is 7.32. The summed E-state index contributed by atoms with van der Waals surface area (Å²) >= 11 is 1.48. The van der Waals surface area contributed by atoms with E-state index in [2.05, 4.69) is 5.32 Å². The van der Waals surface area contributed by atoms with Gasteiger partial charge in [0.05, 0.1) is 11.4 Å². The van der Waals surface area contributed by atoms with Crippen molar-refractivity contribution in [3.05, 3.63) is 23.7 Å². The Morgan fingerprint density at radius 2 is 2.09 bits per heavy atom. The number of aromatic carboxylic acids is 1. The molecule has 7 nitrogen and oxygen atoms in total. The van der Waals surface area contributed by atoms with Crippen molar-refractivity contribution in [3.63, 3.8) is 0 Å². The summed E-state index contributed by atoms with van der Waals surface area (Å²) in [7, 11) is 0. The number of carbonyl (C=O) groups is 3. The molecule has 0 aliphatic carbocycles. The second kappa shape index (κ2) is 7.08. The summed E-state index contributed by atoms with van der Waals surface area (Å²) < 4.78 is 5.03. The third-order valence-corrected chi connectivity index (χ3v) is 4.89. The fraction of sp³-hybridized carbons (Fsp3) is 0.533. The topological polar surface area (TPSA) is 99.9 Å². The van der Waals surface area contributed by atoms with Gasteiger partial charge in [-0.2, -0.15) is 0 Å². The molecule has 126 valence electrons. The smallest absolute Gasteiger partial charge is 0.338 e. The standard InChI is InChI=1S/C15H20N2O5S/c1-8(2)9(3)16-13(18)11-6-23-7-17(11)14(19)12-4-10(5-22-12)15(20)21/h4-5,8-9,11H,6-7H2,1-3H3,(H,16,18)(H,20,21). The molecular formula is C15H20N2O5S. The second-order valence-corrected chi connectivity index (χ2v) is 6.84. The van der Waals surface area contributed by atoms with Crippen molar-refractivity contribution in [1.82, 2.24) is 10.2 Å². The van der Waals surface area contributed by atoms with Crippen LogP contribution in [0, 0.1) is 5.92 Å². The van der Waals surface area contributed by atoms with Gasteiger partial charge in [-0.3, -0.25) is 9.59 Å². The van der Waals surface area contributed by atoms with E-state index < -0.39 is 17.9 Å². The highest BCUT2D eigenvalue weighted by Crippen LogP contribution is 2.24. The molecule has 1 aliphatic heterocycles. The number of carboxylic acids is 1. The van der Waals surface area contributed by atoms with Crippen LogP contribution in [0.25, 0.3) is 0 Å². The van der Waals surface area contributed by atoms with E-state index in [-0.39, 0.29) is 23.3 Å². The molecular weight excluding hydrogens is 320 g/mol. The van der Waals surface area contributed by atoms with Crippen LogP contribution in [0.1, 0.15) is 41.7 Å². The number of nitrogens with zero attached hydrogens (tertiary/aromatic N) is 1. The summed E-state index contributed by atoms with van der Waals surface area (Å²) in [5, 5.41) is 11.8. The SMILES string of the molecule is CC(C)C(C)NC(=O)C1CSCN1C(=O)c1cc(C(=O)O)co1. The van der Waals surface area contributed by atoms with Gasteiger partial charge in [-0.05, 0) is 12.8 Å². The molecule has 2 N–H and O–H groups in total. The van der Waals surface area contributed by atoms with Gasteiger partial charge in [-0.15, -0.1) is 11.8 Å². The number of rotatable bonds is 5. The zero-order valence-electron chi connectivity index (χ0n) is 13.2. The van der Waals surface area contributed by atoms with E-state index in [4.69, 9.17) is 9.52 Å². The van der Waals surface area contributed by atoms with Crippen LogP contribution in [0.3, 0.4) is 0 Å². The molecule has 2 rings (SSSR count). The van der Waals surface area contributed by atoms with E-state index in [9.17, 15) is 14.4 Å². The lowest BCUT2D eigenvalue weighted by Crippen LogP contribution is -2.50. The van der Waals surface area contributed by atoms with Crippen molar-refractivity contribution in [2.24, 2.45) is 5.92 Å². The third-order valence-electron chi connectivity index (χ3n) is 3.87. The number of amides is 2. The summed E-state index contributed by atoms with van der Waals surface area (Å²) in [6.07, 6.45) is 1.02. The van der Waals surface area contributed by atoms with Crippen molar-refractivity contribution in [2.75, 3.05) is 11.6 Å². The van der Waals surface area contributed by atoms with Crippen LogP contribution in [0.15, 0.2) is 16.7 Å². The minimum absolute atomic E-state index is 0.00674. The van der Waals surface area contributed by atoms with Gasteiger partial charge >= 0.3 is 5.97 Å². The molecule has 0 bridgehead atoms. The molecule has 0 saturated carbocycles. The van der Waals surface area contributed by atoms with Crippen molar-refractivity contribution in [2.45, 2.75) is 32.9 Å². The minimum atomic E-state index is -1.16. The molecule has 0 spiro atoms. The molecule has 23 heavy (non-hydrogen) atoms. The number of furan rings is 1. The van der Waals surface area contributed by atoms with Crippen LogP contribution in [0.2, 0.25) is 0 Å². The largest absolute Gasteiger partial charge is 0.478 e. The first-order chi connectivity index (χ1) is 10.8. The zero-order chi connectivity index (χ0) is 17.1. The Hall–Kier alpha value is -1.96. The highest BCUT2D eigenvalue weighted by Gasteiger charge is 2.37. The molecule has 2 heterocycles. The Balaban J connectivity index is 2.09. The minimum Gasteiger partial charge on any atom is -0.478 e. The van der Waals surface area contributed by atoms with Crippen LogP contribution in [0.5, 0.6) is 0 Å². The average molecular weight is 340 g/mol. The van der Waals surface area contributed by atoms with Crippen molar-refractivity contribution >= 4 is 29.5 Å². The predicted octanol–water partition coefficient (Wildman–Crippen LogP) is 1.65. The molecule has 1 aliphatic rings. The summed E-state index contributed by atoms with van der Waals surface area (Å²) in [6, 6.07) is 0.610. The number of hydrogen-bond acceptors (Lipinski definition) is 5. The van der Waals surface area contributed by atoms with Crippen LogP contribution in [-0.4, -0.2) is 51.5 Å². The van der Waals surface area contributed by atoms with Gasteiger partial charge in [0.25, 0.3) is 5.91 Å². The van der Waals surface area contributed by atoms with Crippen LogP contribution >= 0.6 is 11.8 Å². The van der Waals surface area contributed by atoms with E-state index in [1.165, 1.54) is 22.7 Å². The van der Waals surface area contributed by atoms with Crippen molar-refractivity contribution in [1.29, 1.82) is 0 Å². The molecule has 2 atom stereocenters. The van der Waals surface area contributed by atoms with Crippen molar-refractivity contribution < 1.29 is 23.9 Å². The van der Waals surface area contributed by atoms with Gasteiger partial charge in [0.1, 0.15) is 12.3 Å². The monoisotopic (exact) mass is 340 g/mol. The Morgan fingerprint density at radius 3 is 2.65 bits per heavy atom. The van der Waals surface area contributed by atoms with Crippen LogP contribution < -0.4 is 5.32 Å². The lowest BCUT2D eigenvalue weighted by molar-refractivity contribution is -0.125. The Labute approximate surface area is 138 Å². The fourth-order valence-corrected chi connectivity index (χ4v) is 3.20. The normalized spacial score (nSPS) is 19.0. The molecule has 8 heteroatoms. The second-order valence-electron chi connectivity index (χ2n) is 5.84. The van der Waals surface area contributed by atoms with Gasteiger partial charge in [0.2, 0.25) is 5.91 Å². The first kappa shape index (κ1) is 17.4. The van der Waals surface area contributed by atoms with Gasteiger partial charge < -0.3 is 19.7 Å². The van der Waals surface area contributed by atoms with Gasteiger partial charge in [-0.1, -0.05) is 13.8 Å². The fourth-order valence-electron chi connectivity index (χ4n) is 2.05. The first-order valence-corrected chi connectivity index (χ1v) is 8.47. The molecule has 1 fully saturated rings. The highest BCUT2D eigenvalue weighted by molar-refractivity contribution is 7.99. The number of thioether (sulfide) groups is 1. The molecule has 2 unspecified atom stereocenters. The number of nitrogens with one attached hydrogen (secondary N) is 1. The third kappa shape index (κ3) is 3.87. The van der Waals surface area contributed by atoms with Gasteiger partial charge in [-0.25, -0.2) is 4.79 Å². The predicted molar refractivity (Wildman–Crippen MR) is 85.4 cm³/mol. The zero-order valence-corrected chi connectivity index (χ0v) is 14.1. The molecule has 1 saturated heterocycles. The Bertz CT molecular complexity index is 613.